The van der Waals surface area contributed by atoms with Gasteiger partial charge in [0.25, 0.3) is 0 Å². The monoisotopic (exact) mass is 316 g/mol. The van der Waals surface area contributed by atoms with Gasteiger partial charge in [0.15, 0.2) is 0 Å². The average Bonchev–Trinajstić information content (AvgIpc) is 2.97. The molecule has 7 nitrogen and oxygen atoms in total. The number of amides is 1. The van der Waals surface area contributed by atoms with Crippen molar-refractivity contribution < 1.29 is 13.9 Å². The number of hydrogen-bond donors (Lipinski definition) is 1. The summed E-state index contributed by atoms with van der Waals surface area (Å²) in [7, 11) is 0. The van der Waals surface area contributed by atoms with E-state index < -0.39 is 11.9 Å². The van der Waals surface area contributed by atoms with Crippen LogP contribution in [-0.2, 0) is 22.5 Å². The fraction of sp³-hybridized carbons (Fsp3) is 0.438. The second kappa shape index (κ2) is 6.89. The van der Waals surface area contributed by atoms with Gasteiger partial charge in [-0.15, -0.1) is 10.2 Å². The van der Waals surface area contributed by atoms with Crippen LogP contribution in [0.3, 0.4) is 0 Å². The zero-order valence-electron chi connectivity index (χ0n) is 13.1. The third-order valence-electron chi connectivity index (χ3n) is 4.02. The van der Waals surface area contributed by atoms with Gasteiger partial charge in [-0.05, 0) is 18.1 Å². The molecule has 1 aromatic heterocycles. The van der Waals surface area contributed by atoms with Gasteiger partial charge in [-0.1, -0.05) is 24.3 Å². The Morgan fingerprint density at radius 1 is 1.35 bits per heavy atom. The normalized spacial score (nSPS) is 18.9. The highest BCUT2D eigenvalue weighted by atomic mass is 16.5. The van der Waals surface area contributed by atoms with E-state index in [1.807, 2.05) is 23.1 Å². The number of ether oxygens (including phenoxy) is 1. The number of nitrogens with two attached hydrogens (primary N) is 1. The maximum atomic E-state index is 11.5. The summed E-state index contributed by atoms with van der Waals surface area (Å²) in [6.45, 7) is 3.94. The fourth-order valence-electron chi connectivity index (χ4n) is 2.66. The Morgan fingerprint density at radius 2 is 2.13 bits per heavy atom. The molecule has 0 bridgehead atoms. The maximum Gasteiger partial charge on any atom is 0.237 e. The first kappa shape index (κ1) is 15.6. The van der Waals surface area contributed by atoms with Crippen LogP contribution in [0.25, 0.3) is 0 Å². The van der Waals surface area contributed by atoms with Crippen molar-refractivity contribution in [1.29, 1.82) is 0 Å². The molecule has 122 valence electrons. The van der Waals surface area contributed by atoms with Gasteiger partial charge in [0.1, 0.15) is 6.04 Å². The van der Waals surface area contributed by atoms with E-state index in [2.05, 4.69) is 23.2 Å². The summed E-state index contributed by atoms with van der Waals surface area (Å²) in [5.41, 5.74) is 7.75. The lowest BCUT2D eigenvalue weighted by molar-refractivity contribution is -0.129. The number of carbonyl (C=O) groups excluding carboxylic acids is 1. The summed E-state index contributed by atoms with van der Waals surface area (Å²) in [6, 6.07) is 7.64. The highest BCUT2D eigenvalue weighted by molar-refractivity contribution is 5.80. The quantitative estimate of drug-likeness (QED) is 0.870. The lowest BCUT2D eigenvalue weighted by Gasteiger charge is -2.32. The van der Waals surface area contributed by atoms with Gasteiger partial charge >= 0.3 is 0 Å². The predicted molar refractivity (Wildman–Crippen MR) is 82.5 cm³/mol. The summed E-state index contributed by atoms with van der Waals surface area (Å²) < 4.78 is 11.0. The van der Waals surface area contributed by atoms with E-state index >= 15 is 0 Å². The molecule has 3 rings (SSSR count). The topological polar surface area (TPSA) is 94.5 Å². The van der Waals surface area contributed by atoms with Crippen LogP contribution in [-0.4, -0.2) is 46.8 Å². The SMILES string of the molecule is Cc1ccccc1Cc1nnc(CN2CCOCC2C(N)=O)o1. The minimum Gasteiger partial charge on any atom is -0.424 e. The minimum atomic E-state index is -0.449. The molecule has 2 aromatic rings. The van der Waals surface area contributed by atoms with Gasteiger partial charge in [0.2, 0.25) is 17.7 Å². The van der Waals surface area contributed by atoms with Gasteiger partial charge in [-0.3, -0.25) is 9.69 Å². The molecule has 2 N–H and O–H groups in total. The number of aryl methyl sites for hydroxylation is 1. The molecule has 23 heavy (non-hydrogen) atoms. The van der Waals surface area contributed by atoms with Crippen LogP contribution in [0, 0.1) is 6.92 Å². The van der Waals surface area contributed by atoms with Crippen molar-refractivity contribution in [2.45, 2.75) is 25.9 Å². The first-order valence-electron chi connectivity index (χ1n) is 7.60. The molecule has 7 heteroatoms. The van der Waals surface area contributed by atoms with E-state index in [9.17, 15) is 4.79 Å². The summed E-state index contributed by atoms with van der Waals surface area (Å²) in [4.78, 5) is 13.4. The summed E-state index contributed by atoms with van der Waals surface area (Å²) in [5, 5.41) is 8.18. The number of nitrogens with zero attached hydrogens (tertiary/aromatic N) is 3. The van der Waals surface area contributed by atoms with Crippen molar-refractivity contribution in [3.05, 3.63) is 47.2 Å². The van der Waals surface area contributed by atoms with Gasteiger partial charge < -0.3 is 14.9 Å². The van der Waals surface area contributed by atoms with E-state index in [-0.39, 0.29) is 0 Å². The molecule has 1 aromatic carbocycles. The number of benzene rings is 1. The Hall–Kier alpha value is -2.25. The van der Waals surface area contributed by atoms with Gasteiger partial charge in [0.05, 0.1) is 26.2 Å². The van der Waals surface area contributed by atoms with Crippen molar-refractivity contribution in [2.24, 2.45) is 5.73 Å². The molecular weight excluding hydrogens is 296 g/mol. The molecule has 1 amide bonds. The maximum absolute atomic E-state index is 11.5. The Kier molecular flexibility index (Phi) is 4.68. The van der Waals surface area contributed by atoms with E-state index in [1.165, 1.54) is 5.56 Å². The second-order valence-electron chi connectivity index (χ2n) is 5.66. The van der Waals surface area contributed by atoms with Gasteiger partial charge in [-0.25, -0.2) is 0 Å². The van der Waals surface area contributed by atoms with Gasteiger partial charge in [0, 0.05) is 6.54 Å². The molecule has 1 aliphatic heterocycles. The zero-order valence-corrected chi connectivity index (χ0v) is 13.1. The van der Waals surface area contributed by atoms with Crippen LogP contribution in [0.2, 0.25) is 0 Å². The van der Waals surface area contributed by atoms with Crippen LogP contribution < -0.4 is 5.73 Å². The van der Waals surface area contributed by atoms with Crippen molar-refractivity contribution >= 4 is 5.91 Å². The minimum absolute atomic E-state index is 0.305. The predicted octanol–water partition coefficient (Wildman–Crippen LogP) is 0.655. The Morgan fingerprint density at radius 3 is 2.91 bits per heavy atom. The lowest BCUT2D eigenvalue weighted by Crippen LogP contribution is -2.51. The smallest absolute Gasteiger partial charge is 0.237 e. The highest BCUT2D eigenvalue weighted by Crippen LogP contribution is 2.15. The fourth-order valence-corrected chi connectivity index (χ4v) is 2.66. The van der Waals surface area contributed by atoms with E-state index in [0.717, 1.165) is 5.56 Å². The first-order chi connectivity index (χ1) is 11.1. The molecule has 0 spiro atoms. The van der Waals surface area contributed by atoms with E-state index in [1.54, 1.807) is 0 Å². The van der Waals surface area contributed by atoms with Gasteiger partial charge in [-0.2, -0.15) is 0 Å². The first-order valence-corrected chi connectivity index (χ1v) is 7.60. The van der Waals surface area contributed by atoms with Crippen molar-refractivity contribution in [3.63, 3.8) is 0 Å². The lowest BCUT2D eigenvalue weighted by atomic mass is 10.1. The Labute approximate surface area is 134 Å². The molecule has 0 saturated carbocycles. The number of aromatic nitrogens is 2. The van der Waals surface area contributed by atoms with Crippen LogP contribution in [0.1, 0.15) is 22.9 Å². The van der Waals surface area contributed by atoms with Crippen molar-refractivity contribution in [2.75, 3.05) is 19.8 Å². The van der Waals surface area contributed by atoms with Crippen molar-refractivity contribution in [1.82, 2.24) is 15.1 Å². The molecule has 0 radical (unpaired) electrons. The third kappa shape index (κ3) is 3.75. The average molecular weight is 316 g/mol. The second-order valence-corrected chi connectivity index (χ2v) is 5.66. The summed E-state index contributed by atoms with van der Waals surface area (Å²) >= 11 is 0. The molecule has 1 saturated heterocycles. The number of rotatable bonds is 5. The van der Waals surface area contributed by atoms with Crippen LogP contribution >= 0.6 is 0 Å². The van der Waals surface area contributed by atoms with Crippen molar-refractivity contribution in [3.8, 4) is 0 Å². The third-order valence-corrected chi connectivity index (χ3v) is 4.02. The van der Waals surface area contributed by atoms with E-state index in [4.69, 9.17) is 14.9 Å². The van der Waals surface area contributed by atoms with E-state index in [0.29, 0.717) is 44.5 Å². The molecule has 2 heterocycles. The molecular formula is C16H20N4O3. The molecule has 1 fully saturated rings. The number of hydrogen-bond acceptors (Lipinski definition) is 6. The summed E-state index contributed by atoms with van der Waals surface area (Å²) in [5.74, 6) is 0.657. The van der Waals surface area contributed by atoms with Crippen LogP contribution in [0.5, 0.6) is 0 Å². The standard InChI is InChI=1S/C16H20N4O3/c1-11-4-2-3-5-12(11)8-14-18-19-15(23-14)9-20-6-7-22-10-13(20)16(17)21/h2-5,13H,6-10H2,1H3,(H2,17,21). The summed E-state index contributed by atoms with van der Waals surface area (Å²) in [6.07, 6.45) is 0.599. The number of carbonyl (C=O) groups is 1. The number of primary amides is 1. The molecule has 1 unspecified atom stereocenters. The number of morpholine rings is 1. The Bertz CT molecular complexity index is 685. The van der Waals surface area contributed by atoms with Crippen LogP contribution in [0.15, 0.2) is 28.7 Å². The van der Waals surface area contributed by atoms with Crippen LogP contribution in [0.4, 0.5) is 0 Å². The molecule has 1 aliphatic rings. The largest absolute Gasteiger partial charge is 0.424 e. The zero-order chi connectivity index (χ0) is 16.2. The highest BCUT2D eigenvalue weighted by Gasteiger charge is 2.29. The molecule has 0 aliphatic carbocycles. The molecule has 1 atom stereocenters. The Balaban J connectivity index is 1.67.